The van der Waals surface area contributed by atoms with Crippen LogP contribution in [0.25, 0.3) is 0 Å². The summed E-state index contributed by atoms with van der Waals surface area (Å²) in [6.45, 7) is 2.70. The van der Waals surface area contributed by atoms with Crippen molar-refractivity contribution in [3.05, 3.63) is 0 Å². The van der Waals surface area contributed by atoms with Crippen LogP contribution in [0.5, 0.6) is 0 Å². The average molecular weight is 208 g/mol. The van der Waals surface area contributed by atoms with Crippen LogP contribution in [0.3, 0.4) is 0 Å². The van der Waals surface area contributed by atoms with Gasteiger partial charge in [-0.05, 0) is 6.42 Å². The standard InChI is InChI=1S/C4H9Cl3OSi/c1-2-3-8-4-9(5,6)7/h2-4H2,1H3. The molecular weight excluding hydrogens is 198 g/mol. The van der Waals surface area contributed by atoms with Gasteiger partial charge < -0.3 is 4.74 Å². The van der Waals surface area contributed by atoms with Gasteiger partial charge in [-0.25, -0.2) is 0 Å². The van der Waals surface area contributed by atoms with E-state index >= 15 is 0 Å². The fraction of sp³-hybridized carbons (Fsp3) is 1.00. The molecule has 0 atom stereocenters. The first-order valence-electron chi connectivity index (χ1n) is 2.70. The summed E-state index contributed by atoms with van der Waals surface area (Å²) in [6.07, 6.45) is 1.28. The molecule has 0 aliphatic carbocycles. The van der Waals surface area contributed by atoms with Gasteiger partial charge in [-0.2, -0.15) is 0 Å². The molecule has 0 aliphatic heterocycles. The molecule has 0 bridgehead atoms. The van der Waals surface area contributed by atoms with E-state index in [1.165, 1.54) is 0 Å². The molecule has 0 heterocycles. The Kier molecular flexibility index (Phi) is 5.36. The van der Waals surface area contributed by atoms with Crippen molar-refractivity contribution in [2.45, 2.75) is 13.3 Å². The van der Waals surface area contributed by atoms with E-state index in [-0.39, 0.29) is 0 Å². The van der Waals surface area contributed by atoms with E-state index in [1.54, 1.807) is 0 Å². The van der Waals surface area contributed by atoms with Gasteiger partial charge in [-0.3, -0.25) is 0 Å². The number of hydrogen-bond acceptors (Lipinski definition) is 1. The monoisotopic (exact) mass is 206 g/mol. The third-order valence-corrected chi connectivity index (χ3v) is 2.13. The van der Waals surface area contributed by atoms with Crippen LogP contribution >= 0.6 is 33.2 Å². The predicted octanol–water partition coefficient (Wildman–Crippen LogP) is 2.61. The van der Waals surface area contributed by atoms with E-state index in [2.05, 4.69) is 0 Å². The van der Waals surface area contributed by atoms with E-state index < -0.39 is 6.00 Å². The van der Waals surface area contributed by atoms with Crippen molar-refractivity contribution >= 4 is 39.2 Å². The van der Waals surface area contributed by atoms with E-state index in [0.29, 0.717) is 12.8 Å². The van der Waals surface area contributed by atoms with Gasteiger partial charge in [0.25, 0.3) is 0 Å². The van der Waals surface area contributed by atoms with Crippen LogP contribution in [0.1, 0.15) is 13.3 Å². The molecule has 0 aromatic heterocycles. The molecule has 0 unspecified atom stereocenters. The Labute approximate surface area is 70.4 Å². The molecule has 0 amide bonds. The van der Waals surface area contributed by atoms with E-state index in [4.69, 9.17) is 38.0 Å². The lowest BCUT2D eigenvalue weighted by molar-refractivity contribution is 0.177. The summed E-state index contributed by atoms with van der Waals surface area (Å²) in [6, 6.07) is -2.50. The molecule has 0 rings (SSSR count). The second-order valence-corrected chi connectivity index (χ2v) is 10.7. The first-order valence-corrected chi connectivity index (χ1v) is 7.95. The maximum Gasteiger partial charge on any atom is 0.365 e. The molecule has 0 aliphatic rings. The van der Waals surface area contributed by atoms with Crippen molar-refractivity contribution in [3.8, 4) is 0 Å². The van der Waals surface area contributed by atoms with Crippen LogP contribution in [0.15, 0.2) is 0 Å². The third kappa shape index (κ3) is 9.05. The lowest BCUT2D eigenvalue weighted by Crippen LogP contribution is -2.19. The zero-order chi connectivity index (χ0) is 7.33. The van der Waals surface area contributed by atoms with E-state index in [0.717, 1.165) is 6.42 Å². The summed E-state index contributed by atoms with van der Waals surface area (Å²) in [5, 5.41) is 0. The highest BCUT2D eigenvalue weighted by Crippen LogP contribution is 2.19. The molecule has 0 N–H and O–H groups in total. The lowest BCUT2D eigenvalue weighted by Gasteiger charge is -2.06. The van der Waals surface area contributed by atoms with Gasteiger partial charge in [0.2, 0.25) is 0 Å². The van der Waals surface area contributed by atoms with Gasteiger partial charge in [0.05, 0.1) is 6.23 Å². The SMILES string of the molecule is CCCOC[Si](Cl)(Cl)Cl. The second kappa shape index (κ2) is 4.80. The normalized spacial score (nSPS) is 12.0. The third-order valence-electron chi connectivity index (χ3n) is 0.614. The van der Waals surface area contributed by atoms with Crippen molar-refractivity contribution in [2.75, 3.05) is 12.8 Å². The summed E-state index contributed by atoms with van der Waals surface area (Å²) < 4.78 is 5.01. The summed E-state index contributed by atoms with van der Waals surface area (Å²) in [5.74, 6) is 0. The highest BCUT2D eigenvalue weighted by atomic mass is 35.8. The highest BCUT2D eigenvalue weighted by Gasteiger charge is 2.24. The Morgan fingerprint density at radius 2 is 1.89 bits per heavy atom. The van der Waals surface area contributed by atoms with E-state index in [9.17, 15) is 0 Å². The van der Waals surface area contributed by atoms with Crippen molar-refractivity contribution in [3.63, 3.8) is 0 Å². The topological polar surface area (TPSA) is 9.23 Å². The fourth-order valence-electron chi connectivity index (χ4n) is 0.332. The fourth-order valence-corrected chi connectivity index (χ4v) is 1.40. The Morgan fingerprint density at radius 3 is 2.22 bits per heavy atom. The number of hydrogen-bond donors (Lipinski definition) is 0. The van der Waals surface area contributed by atoms with Crippen LogP contribution in [0, 0.1) is 0 Å². The summed E-state index contributed by atoms with van der Waals surface area (Å²) in [5.41, 5.74) is 0. The van der Waals surface area contributed by atoms with Crippen LogP contribution in [0.2, 0.25) is 0 Å². The van der Waals surface area contributed by atoms with Crippen LogP contribution in [0.4, 0.5) is 0 Å². The number of rotatable bonds is 4. The van der Waals surface area contributed by atoms with Gasteiger partial charge in [0, 0.05) is 6.61 Å². The van der Waals surface area contributed by atoms with Crippen LogP contribution in [-0.2, 0) is 4.74 Å². The molecule has 0 aromatic rings. The molecule has 0 spiro atoms. The maximum absolute atomic E-state index is 5.51. The van der Waals surface area contributed by atoms with Crippen molar-refractivity contribution in [1.29, 1.82) is 0 Å². The number of ether oxygens (including phenoxy) is 1. The largest absolute Gasteiger partial charge is 0.381 e. The van der Waals surface area contributed by atoms with Gasteiger partial charge in [-0.1, -0.05) is 6.92 Å². The van der Waals surface area contributed by atoms with Gasteiger partial charge >= 0.3 is 6.00 Å². The minimum atomic E-state index is -2.50. The summed E-state index contributed by atoms with van der Waals surface area (Å²) in [4.78, 5) is 0. The molecule has 0 saturated carbocycles. The van der Waals surface area contributed by atoms with Crippen molar-refractivity contribution in [2.24, 2.45) is 0 Å². The Bertz CT molecular complexity index is 72.7. The molecule has 5 heteroatoms. The molecule has 9 heavy (non-hydrogen) atoms. The Morgan fingerprint density at radius 1 is 1.33 bits per heavy atom. The molecular formula is C4H9Cl3OSi. The predicted molar refractivity (Wildman–Crippen MR) is 44.4 cm³/mol. The smallest absolute Gasteiger partial charge is 0.365 e. The summed E-state index contributed by atoms with van der Waals surface area (Å²) >= 11 is 16.5. The summed E-state index contributed by atoms with van der Waals surface area (Å²) in [7, 11) is 0. The number of halogens is 3. The quantitative estimate of drug-likeness (QED) is 0.391. The molecule has 56 valence electrons. The minimum Gasteiger partial charge on any atom is -0.381 e. The highest BCUT2D eigenvalue weighted by molar-refractivity contribution is 7.64. The minimum absolute atomic E-state index is 0.311. The molecule has 1 nitrogen and oxygen atoms in total. The molecule has 0 saturated heterocycles. The van der Waals surface area contributed by atoms with Crippen LogP contribution < -0.4 is 0 Å². The maximum atomic E-state index is 5.51. The average Bonchev–Trinajstić information content (AvgIpc) is 1.63. The van der Waals surface area contributed by atoms with Gasteiger partial charge in [0.15, 0.2) is 0 Å². The van der Waals surface area contributed by atoms with Crippen molar-refractivity contribution in [1.82, 2.24) is 0 Å². The zero-order valence-electron chi connectivity index (χ0n) is 5.16. The second-order valence-electron chi connectivity index (χ2n) is 1.67. The first kappa shape index (κ1) is 10.0. The van der Waals surface area contributed by atoms with Crippen LogP contribution in [-0.4, -0.2) is 18.8 Å². The van der Waals surface area contributed by atoms with E-state index in [1.807, 2.05) is 6.92 Å². The Balaban J connectivity index is 3.07. The molecule has 0 fully saturated rings. The first-order chi connectivity index (χ1) is 4.06. The Hall–Kier alpha value is 1.05. The van der Waals surface area contributed by atoms with Crippen molar-refractivity contribution < 1.29 is 4.74 Å². The van der Waals surface area contributed by atoms with Gasteiger partial charge in [-0.15, -0.1) is 33.2 Å². The van der Waals surface area contributed by atoms with Gasteiger partial charge in [0.1, 0.15) is 0 Å². The lowest BCUT2D eigenvalue weighted by atomic mass is 10.5. The molecule has 0 radical (unpaired) electrons. The zero-order valence-corrected chi connectivity index (χ0v) is 8.43. The molecule has 0 aromatic carbocycles.